The summed E-state index contributed by atoms with van der Waals surface area (Å²) >= 11 is 0. The molecule has 6 nitrogen and oxygen atoms in total. The van der Waals surface area contributed by atoms with Gasteiger partial charge in [-0.3, -0.25) is 9.10 Å². The molecule has 2 rings (SSSR count). The van der Waals surface area contributed by atoms with Crippen molar-refractivity contribution in [1.82, 2.24) is 4.90 Å². The number of para-hydroxylation sites is 2. The van der Waals surface area contributed by atoms with Gasteiger partial charge in [0.05, 0.1) is 18.6 Å². The number of hydrogen-bond donors (Lipinski definition) is 0. The van der Waals surface area contributed by atoms with Gasteiger partial charge in [0, 0.05) is 26.1 Å². The monoisotopic (exact) mass is 368 g/mol. The van der Waals surface area contributed by atoms with Crippen molar-refractivity contribution < 1.29 is 17.9 Å². The Kier molecular flexibility index (Phi) is 6.70. The highest BCUT2D eigenvalue weighted by molar-refractivity contribution is 7.92. The van der Waals surface area contributed by atoms with E-state index in [0.29, 0.717) is 24.0 Å². The predicted octanol–water partition coefficient (Wildman–Crippen LogP) is 2.50. The highest BCUT2D eigenvalue weighted by Gasteiger charge is 2.25. The van der Waals surface area contributed by atoms with E-state index >= 15 is 0 Å². The van der Waals surface area contributed by atoms with Crippen molar-refractivity contribution in [1.29, 1.82) is 0 Å². The molecule has 0 N–H and O–H groups in total. The Labute approximate surface area is 150 Å². The normalized spacial score (nSPS) is 18.0. The molecule has 0 aromatic heterocycles. The molecule has 0 radical (unpaired) electrons. The fourth-order valence-electron chi connectivity index (χ4n) is 3.18. The Bertz CT molecular complexity index is 690. The largest absolute Gasteiger partial charge is 0.492 e. The van der Waals surface area contributed by atoms with Gasteiger partial charge in [-0.1, -0.05) is 19.1 Å². The number of amides is 1. The molecule has 1 aliphatic rings. The van der Waals surface area contributed by atoms with Crippen LogP contribution in [-0.2, 0) is 14.8 Å². The van der Waals surface area contributed by atoms with Gasteiger partial charge in [-0.25, -0.2) is 8.42 Å². The van der Waals surface area contributed by atoms with Crippen LogP contribution in [-0.4, -0.2) is 51.7 Å². The van der Waals surface area contributed by atoms with E-state index in [-0.39, 0.29) is 18.9 Å². The van der Waals surface area contributed by atoms with Crippen LogP contribution in [0.25, 0.3) is 0 Å². The lowest BCUT2D eigenvalue weighted by Crippen LogP contribution is -2.41. The third-order valence-corrected chi connectivity index (χ3v) is 5.55. The summed E-state index contributed by atoms with van der Waals surface area (Å²) in [4.78, 5) is 14.3. The molecule has 0 spiro atoms. The van der Waals surface area contributed by atoms with Crippen LogP contribution >= 0.6 is 0 Å². The van der Waals surface area contributed by atoms with Crippen molar-refractivity contribution in [2.75, 3.05) is 36.8 Å². The average molecular weight is 368 g/mol. The molecule has 1 atom stereocenters. The van der Waals surface area contributed by atoms with Gasteiger partial charge >= 0.3 is 0 Å². The molecule has 0 aliphatic carbocycles. The van der Waals surface area contributed by atoms with Crippen LogP contribution in [0.15, 0.2) is 24.3 Å². The Hall–Kier alpha value is -1.76. The number of anilines is 1. The number of benzene rings is 1. The van der Waals surface area contributed by atoms with Crippen molar-refractivity contribution in [2.45, 2.75) is 33.1 Å². The first kappa shape index (κ1) is 19.6. The van der Waals surface area contributed by atoms with Crippen LogP contribution in [0.3, 0.4) is 0 Å². The Morgan fingerprint density at radius 1 is 1.36 bits per heavy atom. The van der Waals surface area contributed by atoms with Crippen LogP contribution in [0, 0.1) is 5.92 Å². The molecule has 1 aliphatic heterocycles. The number of carbonyl (C=O) groups is 1. The van der Waals surface area contributed by atoms with Gasteiger partial charge in [-0.15, -0.1) is 0 Å². The van der Waals surface area contributed by atoms with Crippen LogP contribution in [0.5, 0.6) is 5.75 Å². The van der Waals surface area contributed by atoms with Crippen molar-refractivity contribution in [2.24, 2.45) is 5.92 Å². The summed E-state index contributed by atoms with van der Waals surface area (Å²) in [5.74, 6) is 1.02. The quantitative estimate of drug-likeness (QED) is 0.742. The summed E-state index contributed by atoms with van der Waals surface area (Å²) < 4.78 is 31.4. The second-order valence-corrected chi connectivity index (χ2v) is 8.48. The molecule has 7 heteroatoms. The van der Waals surface area contributed by atoms with Gasteiger partial charge < -0.3 is 9.64 Å². The van der Waals surface area contributed by atoms with E-state index in [1.807, 2.05) is 11.8 Å². The lowest BCUT2D eigenvalue weighted by atomic mass is 10.00. The molecule has 1 amide bonds. The minimum absolute atomic E-state index is 0.00842. The Morgan fingerprint density at radius 2 is 2.08 bits per heavy atom. The summed E-state index contributed by atoms with van der Waals surface area (Å²) in [5.41, 5.74) is 0.478. The first-order valence-electron chi connectivity index (χ1n) is 8.80. The van der Waals surface area contributed by atoms with Crippen molar-refractivity contribution in [3.63, 3.8) is 0 Å². The first-order chi connectivity index (χ1) is 11.8. The third kappa shape index (κ3) is 5.36. The van der Waals surface area contributed by atoms with Crippen LogP contribution in [0.4, 0.5) is 5.69 Å². The number of rotatable bonds is 7. The lowest BCUT2D eigenvalue weighted by molar-refractivity contribution is -0.132. The topological polar surface area (TPSA) is 66.9 Å². The van der Waals surface area contributed by atoms with Crippen LogP contribution < -0.4 is 9.04 Å². The summed E-state index contributed by atoms with van der Waals surface area (Å²) in [7, 11) is -3.51. The van der Waals surface area contributed by atoms with E-state index < -0.39 is 10.0 Å². The van der Waals surface area contributed by atoms with Crippen LogP contribution in [0.2, 0.25) is 0 Å². The summed E-state index contributed by atoms with van der Waals surface area (Å²) in [5, 5.41) is 0. The zero-order valence-corrected chi connectivity index (χ0v) is 16.1. The molecule has 1 aromatic carbocycles. The molecule has 140 valence electrons. The van der Waals surface area contributed by atoms with Gasteiger partial charge in [0.25, 0.3) is 0 Å². The molecule has 0 saturated carbocycles. The maximum Gasteiger partial charge on any atom is 0.232 e. The number of sulfonamides is 1. The molecule has 1 saturated heterocycles. The lowest BCUT2D eigenvalue weighted by Gasteiger charge is -2.32. The van der Waals surface area contributed by atoms with Crippen LogP contribution in [0.1, 0.15) is 33.1 Å². The first-order valence-corrected chi connectivity index (χ1v) is 10.6. The van der Waals surface area contributed by atoms with Crippen molar-refractivity contribution >= 4 is 21.6 Å². The molecule has 25 heavy (non-hydrogen) atoms. The van der Waals surface area contributed by atoms with E-state index in [0.717, 1.165) is 32.2 Å². The van der Waals surface area contributed by atoms with Crippen molar-refractivity contribution in [3.8, 4) is 5.75 Å². The minimum atomic E-state index is -3.51. The Morgan fingerprint density at radius 3 is 2.72 bits per heavy atom. The number of carbonyl (C=O) groups excluding carboxylic acids is 1. The molecule has 1 unspecified atom stereocenters. The number of hydrogen-bond acceptors (Lipinski definition) is 4. The molecule has 0 bridgehead atoms. The van der Waals surface area contributed by atoms with E-state index in [1.165, 1.54) is 4.31 Å². The maximum atomic E-state index is 12.5. The number of likely N-dealkylation sites (tertiary alicyclic amines) is 1. The summed E-state index contributed by atoms with van der Waals surface area (Å²) in [6, 6.07) is 7.02. The van der Waals surface area contributed by atoms with E-state index in [2.05, 4.69) is 6.92 Å². The van der Waals surface area contributed by atoms with Gasteiger partial charge in [-0.2, -0.15) is 0 Å². The highest BCUT2D eigenvalue weighted by atomic mass is 32.2. The SMILES string of the molecule is CCOc1ccccc1N(CCC(=O)N1CCCC(C)C1)S(C)(=O)=O. The maximum absolute atomic E-state index is 12.5. The fraction of sp³-hybridized carbons (Fsp3) is 0.611. The van der Waals surface area contributed by atoms with E-state index in [1.54, 1.807) is 24.3 Å². The predicted molar refractivity (Wildman–Crippen MR) is 99.4 cm³/mol. The second-order valence-electron chi connectivity index (χ2n) is 6.57. The summed E-state index contributed by atoms with van der Waals surface area (Å²) in [6.07, 6.45) is 3.47. The zero-order valence-electron chi connectivity index (χ0n) is 15.3. The number of piperidine rings is 1. The molecule has 1 aromatic rings. The third-order valence-electron chi connectivity index (χ3n) is 4.37. The summed E-state index contributed by atoms with van der Waals surface area (Å²) in [6.45, 7) is 6.07. The van der Waals surface area contributed by atoms with E-state index in [4.69, 9.17) is 4.74 Å². The van der Waals surface area contributed by atoms with Gasteiger partial charge in [0.2, 0.25) is 15.9 Å². The number of nitrogens with zero attached hydrogens (tertiary/aromatic N) is 2. The zero-order chi connectivity index (χ0) is 18.4. The average Bonchev–Trinajstić information content (AvgIpc) is 2.55. The fourth-order valence-corrected chi connectivity index (χ4v) is 4.11. The molecular formula is C18H28N2O4S. The smallest absolute Gasteiger partial charge is 0.232 e. The van der Waals surface area contributed by atoms with Gasteiger partial charge in [0.1, 0.15) is 5.75 Å². The Balaban J connectivity index is 2.13. The standard InChI is InChI=1S/C18H28N2O4S/c1-4-24-17-10-6-5-9-16(17)20(25(3,22)23)13-11-18(21)19-12-7-8-15(2)14-19/h5-6,9-10,15H,4,7-8,11-14H2,1-3H3. The van der Waals surface area contributed by atoms with Gasteiger partial charge in [-0.05, 0) is 37.8 Å². The number of ether oxygens (including phenoxy) is 1. The van der Waals surface area contributed by atoms with E-state index in [9.17, 15) is 13.2 Å². The van der Waals surface area contributed by atoms with Gasteiger partial charge in [0.15, 0.2) is 0 Å². The minimum Gasteiger partial charge on any atom is -0.492 e. The second kappa shape index (κ2) is 8.56. The highest BCUT2D eigenvalue weighted by Crippen LogP contribution is 2.30. The molecule has 1 fully saturated rings. The molecule has 1 heterocycles. The van der Waals surface area contributed by atoms with Crippen molar-refractivity contribution in [3.05, 3.63) is 24.3 Å². The molecular weight excluding hydrogens is 340 g/mol.